The van der Waals surface area contributed by atoms with Crippen LogP contribution in [0, 0.1) is 5.92 Å². The highest BCUT2D eigenvalue weighted by molar-refractivity contribution is 7.90. The summed E-state index contributed by atoms with van der Waals surface area (Å²) >= 11 is 0. The van der Waals surface area contributed by atoms with Gasteiger partial charge in [0.05, 0.1) is 16.6 Å². The van der Waals surface area contributed by atoms with Crippen molar-refractivity contribution in [3.8, 4) is 0 Å². The van der Waals surface area contributed by atoms with Crippen molar-refractivity contribution >= 4 is 40.4 Å². The lowest BCUT2D eigenvalue weighted by Gasteiger charge is -2.39. The second kappa shape index (κ2) is 10.1. The van der Waals surface area contributed by atoms with Crippen molar-refractivity contribution in [3.05, 3.63) is 54.6 Å². The first-order chi connectivity index (χ1) is 18.3. The Labute approximate surface area is 232 Å². The van der Waals surface area contributed by atoms with Gasteiger partial charge in [-0.2, -0.15) is 0 Å². The van der Waals surface area contributed by atoms with Gasteiger partial charge in [0.1, 0.15) is 17.4 Å². The Balaban J connectivity index is 1.68. The molecule has 1 saturated carbocycles. The van der Waals surface area contributed by atoms with Gasteiger partial charge in [-0.05, 0) is 74.9 Å². The number of aromatic nitrogens is 4. The number of nitrogens with zero attached hydrogens (tertiary/aromatic N) is 4. The minimum atomic E-state index is -3.81. The second-order valence-corrected chi connectivity index (χ2v) is 18.9. The Kier molecular flexibility index (Phi) is 7.28. The van der Waals surface area contributed by atoms with Crippen molar-refractivity contribution in [1.29, 1.82) is 0 Å². The number of imidazole rings is 1. The van der Waals surface area contributed by atoms with Gasteiger partial charge >= 0.3 is 0 Å². The Hall–Kier alpha value is -2.53. The predicted octanol–water partition coefficient (Wildman–Crippen LogP) is 6.43. The molecule has 1 fully saturated rings. The fourth-order valence-corrected chi connectivity index (χ4v) is 8.14. The van der Waals surface area contributed by atoms with Gasteiger partial charge in [0.15, 0.2) is 14.0 Å². The molecule has 0 aliphatic heterocycles. The van der Waals surface area contributed by atoms with Crippen molar-refractivity contribution in [2.75, 3.05) is 6.61 Å². The maximum Gasteiger partial charge on any atom is 0.269 e. The summed E-state index contributed by atoms with van der Waals surface area (Å²) in [5.74, 6) is 1.18. The molecule has 5 rings (SSSR count). The molecule has 1 atom stereocenters. The lowest BCUT2D eigenvalue weighted by molar-refractivity contribution is 0.157. The normalized spacial score (nSPS) is 20.1. The van der Waals surface area contributed by atoms with Gasteiger partial charge in [0.25, 0.3) is 10.0 Å². The Morgan fingerprint density at radius 2 is 1.77 bits per heavy atom. The molecule has 0 saturated heterocycles. The zero-order valence-electron chi connectivity index (χ0n) is 23.8. The Bertz CT molecular complexity index is 1580. The highest BCUT2D eigenvalue weighted by atomic mass is 32.2. The molecule has 0 radical (unpaired) electrons. The summed E-state index contributed by atoms with van der Waals surface area (Å²) in [5.41, 5.74) is 2.03. The molecule has 0 spiro atoms. The number of benzene rings is 1. The number of aliphatic hydroxyl groups excluding tert-OH is 1. The molecule has 10 heteroatoms. The number of pyridine rings is 1. The fourth-order valence-electron chi connectivity index (χ4n) is 5.48. The molecule has 1 N–H and O–H groups in total. The van der Waals surface area contributed by atoms with E-state index in [2.05, 4.69) is 50.3 Å². The van der Waals surface area contributed by atoms with E-state index in [4.69, 9.17) is 9.41 Å². The van der Waals surface area contributed by atoms with E-state index in [0.29, 0.717) is 11.6 Å². The van der Waals surface area contributed by atoms with E-state index < -0.39 is 18.3 Å². The first-order valence-corrected chi connectivity index (χ1v) is 18.2. The largest absolute Gasteiger partial charge is 0.407 e. The molecule has 1 aromatic carbocycles. The Morgan fingerprint density at radius 1 is 1.10 bits per heavy atom. The number of hydrogen-bond acceptors (Lipinski definition) is 6. The third-order valence-electron chi connectivity index (χ3n) is 8.74. The molecule has 0 bridgehead atoms. The third kappa shape index (κ3) is 4.96. The van der Waals surface area contributed by atoms with Gasteiger partial charge in [0, 0.05) is 24.2 Å². The predicted molar refractivity (Wildman–Crippen MR) is 157 cm³/mol. The lowest BCUT2D eigenvalue weighted by Crippen LogP contribution is -2.41. The van der Waals surface area contributed by atoms with E-state index in [-0.39, 0.29) is 28.7 Å². The van der Waals surface area contributed by atoms with E-state index in [9.17, 15) is 13.5 Å². The number of fused-ring (bicyclic) bond motifs is 3. The molecule has 1 aliphatic carbocycles. The number of hydrogen-bond donors (Lipinski definition) is 1. The molecule has 0 amide bonds. The molecule has 3 aromatic heterocycles. The molecule has 1 aliphatic rings. The van der Waals surface area contributed by atoms with Crippen LogP contribution in [0.1, 0.15) is 71.3 Å². The minimum absolute atomic E-state index is 0.0507. The van der Waals surface area contributed by atoms with E-state index in [1.807, 2.05) is 6.07 Å². The average Bonchev–Trinajstić information content (AvgIpc) is 3.50. The summed E-state index contributed by atoms with van der Waals surface area (Å²) in [7, 11) is -5.90. The van der Waals surface area contributed by atoms with Crippen molar-refractivity contribution < 1.29 is 18.0 Å². The van der Waals surface area contributed by atoms with E-state index in [1.165, 1.54) is 3.97 Å². The van der Waals surface area contributed by atoms with E-state index in [0.717, 1.165) is 47.9 Å². The van der Waals surface area contributed by atoms with Crippen LogP contribution in [-0.4, -0.2) is 47.0 Å². The summed E-state index contributed by atoms with van der Waals surface area (Å²) < 4.78 is 37.4. The molecule has 39 heavy (non-hydrogen) atoms. The van der Waals surface area contributed by atoms with Crippen LogP contribution in [0.4, 0.5) is 0 Å². The van der Waals surface area contributed by atoms with Crippen LogP contribution in [0.25, 0.3) is 22.1 Å². The van der Waals surface area contributed by atoms with Crippen LogP contribution >= 0.6 is 0 Å². The minimum Gasteiger partial charge on any atom is -0.407 e. The number of aliphatic hydroxyl groups is 1. The van der Waals surface area contributed by atoms with E-state index >= 15 is 0 Å². The quantitative estimate of drug-likeness (QED) is 0.258. The Morgan fingerprint density at radius 3 is 2.38 bits per heavy atom. The van der Waals surface area contributed by atoms with Crippen molar-refractivity contribution in [2.45, 2.75) is 88.6 Å². The third-order valence-corrected chi connectivity index (χ3v) is 15.0. The van der Waals surface area contributed by atoms with Gasteiger partial charge in [-0.3, -0.25) is 0 Å². The standard InChI is InChI=1S/C29H40N4O4SSi/c1-20(37-39(5,6)29(2,3)4)27-31-25-18-30-28-24(26(25)33(27)22-14-12-21(19-34)13-15-22)16-17-32(28)38(35,36)23-10-8-7-9-11-23/h7-11,16-18,20-22,34H,12-15,19H2,1-6H3/t20-,21?,22?/m1/s1. The van der Waals surface area contributed by atoms with Crippen molar-refractivity contribution in [2.24, 2.45) is 5.92 Å². The van der Waals surface area contributed by atoms with Crippen LogP contribution in [0.3, 0.4) is 0 Å². The summed E-state index contributed by atoms with van der Waals surface area (Å²) in [6, 6.07) is 10.5. The van der Waals surface area contributed by atoms with Crippen LogP contribution in [0.2, 0.25) is 18.1 Å². The number of rotatable bonds is 7. The van der Waals surface area contributed by atoms with Crippen molar-refractivity contribution in [1.82, 2.24) is 18.5 Å². The first kappa shape index (κ1) is 28.0. The van der Waals surface area contributed by atoms with Crippen LogP contribution in [0.5, 0.6) is 0 Å². The molecule has 0 unspecified atom stereocenters. The summed E-state index contributed by atoms with van der Waals surface area (Å²) in [6.45, 7) is 13.5. The topological polar surface area (TPSA) is 99.2 Å². The van der Waals surface area contributed by atoms with Crippen LogP contribution in [0.15, 0.2) is 53.7 Å². The van der Waals surface area contributed by atoms with Gasteiger partial charge < -0.3 is 14.1 Å². The molecule has 210 valence electrons. The molecule has 4 aromatic rings. The second-order valence-electron chi connectivity index (χ2n) is 12.4. The van der Waals surface area contributed by atoms with Crippen LogP contribution < -0.4 is 0 Å². The summed E-state index contributed by atoms with van der Waals surface area (Å²) in [6.07, 6.45) is 6.76. The van der Waals surface area contributed by atoms with E-state index in [1.54, 1.807) is 42.7 Å². The lowest BCUT2D eigenvalue weighted by atomic mass is 9.86. The maximum absolute atomic E-state index is 13.5. The molecular formula is C29H40N4O4SSi. The summed E-state index contributed by atoms with van der Waals surface area (Å²) in [5, 5.41) is 10.5. The zero-order valence-corrected chi connectivity index (χ0v) is 25.6. The van der Waals surface area contributed by atoms with Crippen molar-refractivity contribution in [3.63, 3.8) is 0 Å². The SMILES string of the molecule is C[C@@H](O[Si](C)(C)C(C)(C)C)c1nc2cnc3c(ccn3S(=O)(=O)c3ccccc3)c2n1C1CCC(CO)CC1. The highest BCUT2D eigenvalue weighted by Crippen LogP contribution is 2.43. The summed E-state index contributed by atoms with van der Waals surface area (Å²) in [4.78, 5) is 9.88. The van der Waals surface area contributed by atoms with Gasteiger partial charge in [0.2, 0.25) is 0 Å². The monoisotopic (exact) mass is 568 g/mol. The molecule has 3 heterocycles. The fraction of sp³-hybridized carbons (Fsp3) is 0.517. The highest BCUT2D eigenvalue weighted by Gasteiger charge is 2.40. The molecular weight excluding hydrogens is 528 g/mol. The maximum atomic E-state index is 13.5. The average molecular weight is 569 g/mol. The molecule has 8 nitrogen and oxygen atoms in total. The smallest absolute Gasteiger partial charge is 0.269 e. The first-order valence-electron chi connectivity index (χ1n) is 13.8. The van der Waals surface area contributed by atoms with Crippen LogP contribution in [-0.2, 0) is 14.4 Å². The van der Waals surface area contributed by atoms with Gasteiger partial charge in [-0.1, -0.05) is 39.0 Å². The van der Waals surface area contributed by atoms with Gasteiger partial charge in [-0.15, -0.1) is 0 Å². The zero-order chi connectivity index (χ0) is 28.2. The van der Waals surface area contributed by atoms with Gasteiger partial charge in [-0.25, -0.2) is 22.4 Å².